The van der Waals surface area contributed by atoms with E-state index >= 15 is 0 Å². The summed E-state index contributed by atoms with van der Waals surface area (Å²) >= 11 is 1.33. The van der Waals surface area contributed by atoms with E-state index in [0.29, 0.717) is 23.7 Å². The highest BCUT2D eigenvalue weighted by Crippen LogP contribution is 2.35. The Balaban J connectivity index is 1.47. The van der Waals surface area contributed by atoms with E-state index in [2.05, 4.69) is 28.5 Å². The Labute approximate surface area is 173 Å². The van der Waals surface area contributed by atoms with Crippen molar-refractivity contribution >= 4 is 34.0 Å². The highest BCUT2D eigenvalue weighted by molar-refractivity contribution is 7.15. The minimum Gasteiger partial charge on any atom is -0.311 e. The zero-order valence-electron chi connectivity index (χ0n) is 16.4. The summed E-state index contributed by atoms with van der Waals surface area (Å²) in [6, 6.07) is 15.4. The van der Waals surface area contributed by atoms with Gasteiger partial charge in [0.25, 0.3) is 5.91 Å². The molecule has 0 bridgehead atoms. The van der Waals surface area contributed by atoms with Crippen LogP contribution in [-0.2, 0) is 11.2 Å². The number of aryl methyl sites for hydroxylation is 2. The van der Waals surface area contributed by atoms with Gasteiger partial charge < -0.3 is 4.90 Å². The Bertz CT molecular complexity index is 1060. The quantitative estimate of drug-likeness (QED) is 0.690. The van der Waals surface area contributed by atoms with Crippen molar-refractivity contribution in [3.8, 4) is 0 Å². The number of amides is 2. The molecule has 1 atom stereocenters. The lowest BCUT2D eigenvalue weighted by atomic mass is 10.1. The van der Waals surface area contributed by atoms with Crippen LogP contribution in [0.2, 0.25) is 0 Å². The van der Waals surface area contributed by atoms with Gasteiger partial charge in [0.2, 0.25) is 11.0 Å². The summed E-state index contributed by atoms with van der Waals surface area (Å²) in [7, 11) is 0. The largest absolute Gasteiger partial charge is 0.311 e. The Morgan fingerprint density at radius 1 is 1.21 bits per heavy atom. The number of hydrogen-bond acceptors (Lipinski definition) is 5. The van der Waals surface area contributed by atoms with Crippen LogP contribution in [0.4, 0.5) is 10.8 Å². The van der Waals surface area contributed by atoms with Crippen LogP contribution in [-0.4, -0.2) is 28.6 Å². The Hall–Kier alpha value is -3.06. The number of benzene rings is 2. The number of rotatable bonds is 5. The molecular formula is C22H22N4O2S. The summed E-state index contributed by atoms with van der Waals surface area (Å²) in [5.41, 5.74) is 3.73. The number of carbonyl (C=O) groups excluding carboxylic acids is 2. The normalized spacial score (nSPS) is 16.3. The number of nitrogens with zero attached hydrogens (tertiary/aromatic N) is 3. The lowest BCUT2D eigenvalue weighted by molar-refractivity contribution is -0.117. The molecule has 4 rings (SSSR count). The highest BCUT2D eigenvalue weighted by atomic mass is 32.1. The second kappa shape index (κ2) is 8.13. The third-order valence-electron chi connectivity index (χ3n) is 5.08. The first-order valence-corrected chi connectivity index (χ1v) is 10.5. The molecule has 3 aromatic rings. The van der Waals surface area contributed by atoms with Crippen molar-refractivity contribution in [1.29, 1.82) is 0 Å². The van der Waals surface area contributed by atoms with Gasteiger partial charge >= 0.3 is 0 Å². The van der Waals surface area contributed by atoms with Crippen LogP contribution >= 0.6 is 11.3 Å². The second-order valence-corrected chi connectivity index (χ2v) is 8.17. The van der Waals surface area contributed by atoms with Crippen molar-refractivity contribution < 1.29 is 9.59 Å². The summed E-state index contributed by atoms with van der Waals surface area (Å²) in [5.74, 6) is -0.136. The lowest BCUT2D eigenvalue weighted by Gasteiger charge is -2.19. The van der Waals surface area contributed by atoms with Crippen molar-refractivity contribution in [3.05, 3.63) is 70.2 Å². The smallest absolute Gasteiger partial charge is 0.257 e. The van der Waals surface area contributed by atoms with Crippen LogP contribution in [0.3, 0.4) is 0 Å². The maximum atomic E-state index is 12.6. The van der Waals surface area contributed by atoms with Gasteiger partial charge in [0, 0.05) is 30.1 Å². The first-order valence-electron chi connectivity index (χ1n) is 9.65. The predicted molar refractivity (Wildman–Crippen MR) is 115 cm³/mol. The average Bonchev–Trinajstić information content (AvgIpc) is 3.34. The predicted octanol–water partition coefficient (Wildman–Crippen LogP) is 4.18. The fraction of sp³-hybridized carbons (Fsp3) is 0.273. The Kier molecular flexibility index (Phi) is 5.40. The number of anilines is 2. The minimum absolute atomic E-state index is 0.0189. The molecule has 7 heteroatoms. The zero-order chi connectivity index (χ0) is 20.4. The lowest BCUT2D eigenvalue weighted by Crippen LogP contribution is -2.25. The summed E-state index contributed by atoms with van der Waals surface area (Å²) in [5, 5.41) is 12.4. The molecule has 2 heterocycles. The third-order valence-corrected chi connectivity index (χ3v) is 6.08. The van der Waals surface area contributed by atoms with Crippen molar-refractivity contribution in [3.63, 3.8) is 0 Å². The fourth-order valence-corrected chi connectivity index (χ4v) is 4.41. The molecule has 1 aliphatic heterocycles. The summed E-state index contributed by atoms with van der Waals surface area (Å²) in [6.45, 7) is 4.61. The Morgan fingerprint density at radius 3 is 2.83 bits per heavy atom. The van der Waals surface area contributed by atoms with Crippen molar-refractivity contribution in [2.45, 2.75) is 32.6 Å². The van der Waals surface area contributed by atoms with Gasteiger partial charge in [-0.2, -0.15) is 0 Å². The monoisotopic (exact) mass is 406 g/mol. The third kappa shape index (κ3) is 4.05. The second-order valence-electron chi connectivity index (χ2n) is 7.16. The summed E-state index contributed by atoms with van der Waals surface area (Å²) in [6.07, 6.45) is 1.27. The van der Waals surface area contributed by atoms with E-state index in [9.17, 15) is 9.59 Å². The van der Waals surface area contributed by atoms with Crippen LogP contribution < -0.4 is 10.2 Å². The van der Waals surface area contributed by atoms with Crippen molar-refractivity contribution in [1.82, 2.24) is 10.2 Å². The van der Waals surface area contributed by atoms with Gasteiger partial charge in [-0.1, -0.05) is 54.2 Å². The first-order chi connectivity index (χ1) is 14.0. The summed E-state index contributed by atoms with van der Waals surface area (Å²) in [4.78, 5) is 26.9. The minimum atomic E-state index is -0.211. The molecule has 1 saturated heterocycles. The number of hydrogen-bond donors (Lipinski definition) is 1. The van der Waals surface area contributed by atoms with Crippen molar-refractivity contribution in [2.24, 2.45) is 0 Å². The van der Waals surface area contributed by atoms with Crippen LogP contribution in [0.5, 0.6) is 0 Å². The molecular weight excluding hydrogens is 384 g/mol. The number of aromatic nitrogens is 2. The molecule has 2 amide bonds. The molecule has 148 valence electrons. The molecule has 2 aromatic carbocycles. The van der Waals surface area contributed by atoms with Gasteiger partial charge in [-0.3, -0.25) is 14.9 Å². The highest BCUT2D eigenvalue weighted by Gasteiger charge is 2.34. The van der Waals surface area contributed by atoms with Gasteiger partial charge in [-0.05, 0) is 37.1 Å². The van der Waals surface area contributed by atoms with Crippen LogP contribution in [0.15, 0.2) is 48.5 Å². The molecule has 6 nitrogen and oxygen atoms in total. The standard InChI is InChI=1S/C22H22N4O2S/c1-3-15-8-4-5-10-18(15)26-13-17(12-19(26)27)21-24-25-22(29-21)23-20(28)16-9-6-7-14(2)11-16/h4-11,17H,3,12-13H2,1-2H3,(H,23,25,28)/t17-/m0/s1. The van der Waals surface area contributed by atoms with E-state index in [1.165, 1.54) is 11.3 Å². The maximum Gasteiger partial charge on any atom is 0.257 e. The molecule has 0 spiro atoms. The van der Waals surface area contributed by atoms with E-state index in [-0.39, 0.29) is 17.7 Å². The van der Waals surface area contributed by atoms with E-state index in [1.54, 1.807) is 6.07 Å². The molecule has 1 fully saturated rings. The number of para-hydroxylation sites is 1. The average molecular weight is 407 g/mol. The first kappa shape index (κ1) is 19.3. The molecule has 0 radical (unpaired) electrons. The Morgan fingerprint density at radius 2 is 2.03 bits per heavy atom. The number of nitrogens with one attached hydrogen (secondary N) is 1. The maximum absolute atomic E-state index is 12.6. The number of carbonyl (C=O) groups is 2. The molecule has 1 N–H and O–H groups in total. The van der Waals surface area contributed by atoms with Crippen LogP contribution in [0.1, 0.15) is 45.8 Å². The van der Waals surface area contributed by atoms with Gasteiger partial charge in [0.1, 0.15) is 5.01 Å². The fourth-order valence-electron chi connectivity index (χ4n) is 3.58. The van der Waals surface area contributed by atoms with E-state index in [0.717, 1.165) is 28.2 Å². The van der Waals surface area contributed by atoms with E-state index < -0.39 is 0 Å². The SMILES string of the molecule is CCc1ccccc1N1C[C@@H](c2nnc(NC(=O)c3cccc(C)c3)s2)CC1=O. The molecule has 1 aliphatic rings. The van der Waals surface area contributed by atoms with Crippen LogP contribution in [0.25, 0.3) is 0 Å². The molecule has 1 aromatic heterocycles. The zero-order valence-corrected chi connectivity index (χ0v) is 17.2. The summed E-state index contributed by atoms with van der Waals surface area (Å²) < 4.78 is 0. The molecule has 29 heavy (non-hydrogen) atoms. The van der Waals surface area contributed by atoms with E-state index in [1.807, 2.05) is 48.2 Å². The van der Waals surface area contributed by atoms with Gasteiger partial charge in [0.15, 0.2) is 0 Å². The van der Waals surface area contributed by atoms with Gasteiger partial charge in [0.05, 0.1) is 0 Å². The molecule has 0 aliphatic carbocycles. The van der Waals surface area contributed by atoms with Crippen molar-refractivity contribution in [2.75, 3.05) is 16.8 Å². The topological polar surface area (TPSA) is 75.2 Å². The van der Waals surface area contributed by atoms with E-state index in [4.69, 9.17) is 0 Å². The molecule has 0 saturated carbocycles. The molecule has 0 unspecified atom stereocenters. The van der Waals surface area contributed by atoms with Gasteiger partial charge in [-0.25, -0.2) is 0 Å². The van der Waals surface area contributed by atoms with Gasteiger partial charge in [-0.15, -0.1) is 10.2 Å². The van der Waals surface area contributed by atoms with Crippen LogP contribution in [0, 0.1) is 6.92 Å².